The van der Waals surface area contributed by atoms with Crippen molar-refractivity contribution in [2.45, 2.75) is 50.0 Å². The van der Waals surface area contributed by atoms with Gasteiger partial charge in [0.1, 0.15) is 11.6 Å². The molecule has 0 atom stereocenters. The molecule has 0 radical (unpaired) electrons. The maximum atomic E-state index is 14.7. The summed E-state index contributed by atoms with van der Waals surface area (Å²) in [5, 5.41) is 11.4. The molecule has 2 aliphatic heterocycles. The van der Waals surface area contributed by atoms with Gasteiger partial charge in [-0.05, 0) is 56.0 Å². The van der Waals surface area contributed by atoms with Crippen LogP contribution in [0.2, 0.25) is 0 Å². The van der Waals surface area contributed by atoms with Gasteiger partial charge in [-0.2, -0.15) is 0 Å². The molecule has 1 aromatic heterocycles. The number of rotatable bonds is 6. The molecule has 3 aromatic rings. The molecule has 5 rings (SSSR count). The molecule has 1 saturated heterocycles. The van der Waals surface area contributed by atoms with Crippen molar-refractivity contribution in [2.24, 2.45) is 0 Å². The van der Waals surface area contributed by atoms with E-state index in [0.29, 0.717) is 21.8 Å². The fourth-order valence-corrected chi connectivity index (χ4v) is 5.58. The van der Waals surface area contributed by atoms with Crippen molar-refractivity contribution < 1.29 is 14.0 Å². The summed E-state index contributed by atoms with van der Waals surface area (Å²) in [7, 11) is 0. The molecule has 182 valence electrons. The molecule has 0 bridgehead atoms. The zero-order chi connectivity index (χ0) is 24.2. The number of benzene rings is 2. The van der Waals surface area contributed by atoms with Crippen LogP contribution in [0.4, 0.5) is 10.1 Å². The molecule has 7 nitrogen and oxygen atoms in total. The number of nitrogens with zero attached hydrogens (tertiary/aromatic N) is 4. The Balaban J connectivity index is 1.33. The van der Waals surface area contributed by atoms with Gasteiger partial charge in [-0.25, -0.2) is 4.39 Å². The van der Waals surface area contributed by atoms with Crippen LogP contribution in [0.1, 0.15) is 48.3 Å². The summed E-state index contributed by atoms with van der Waals surface area (Å²) in [6, 6.07) is 11.7. The lowest BCUT2D eigenvalue weighted by atomic mass is 10.1. The number of carbonyl (C=O) groups excluding carboxylic acids is 2. The highest BCUT2D eigenvalue weighted by Gasteiger charge is 2.21. The minimum atomic E-state index is -0.521. The van der Waals surface area contributed by atoms with Crippen molar-refractivity contribution in [3.05, 3.63) is 59.7 Å². The minimum Gasteiger partial charge on any atom is -0.342 e. The zero-order valence-corrected chi connectivity index (χ0v) is 20.3. The second-order valence-electron chi connectivity index (χ2n) is 8.92. The molecule has 0 spiro atoms. The number of likely N-dealkylation sites (tertiary alicyclic amines) is 1. The van der Waals surface area contributed by atoms with Crippen LogP contribution in [0.5, 0.6) is 0 Å². The predicted octanol–water partition coefficient (Wildman–Crippen LogP) is 4.78. The predicted molar refractivity (Wildman–Crippen MR) is 134 cm³/mol. The van der Waals surface area contributed by atoms with Crippen molar-refractivity contribution in [1.29, 1.82) is 0 Å². The molecule has 0 unspecified atom stereocenters. The van der Waals surface area contributed by atoms with E-state index in [1.54, 1.807) is 24.3 Å². The van der Waals surface area contributed by atoms with Crippen LogP contribution in [-0.4, -0.2) is 50.3 Å². The Hall–Kier alpha value is -3.20. The molecule has 3 heterocycles. The van der Waals surface area contributed by atoms with Crippen molar-refractivity contribution >= 4 is 29.3 Å². The van der Waals surface area contributed by atoms with E-state index in [1.165, 1.54) is 17.8 Å². The topological polar surface area (TPSA) is 80.1 Å². The van der Waals surface area contributed by atoms with E-state index in [4.69, 9.17) is 0 Å². The highest BCUT2D eigenvalue weighted by Crippen LogP contribution is 2.28. The van der Waals surface area contributed by atoms with E-state index in [-0.39, 0.29) is 17.3 Å². The molecule has 2 aliphatic rings. The Morgan fingerprint density at radius 1 is 0.971 bits per heavy atom. The number of halogens is 1. The third-order valence-electron chi connectivity index (χ3n) is 6.52. The van der Waals surface area contributed by atoms with Crippen molar-refractivity contribution in [2.75, 3.05) is 24.2 Å². The summed E-state index contributed by atoms with van der Waals surface area (Å²) >= 11 is 1.34. The fourth-order valence-electron chi connectivity index (χ4n) is 4.63. The Morgan fingerprint density at radius 3 is 2.63 bits per heavy atom. The van der Waals surface area contributed by atoms with E-state index in [0.717, 1.165) is 64.0 Å². The second-order valence-corrected chi connectivity index (χ2v) is 9.94. The molecular weight excluding hydrogens is 465 g/mol. The van der Waals surface area contributed by atoms with Gasteiger partial charge in [-0.1, -0.05) is 18.6 Å². The number of aromatic nitrogens is 3. The quantitative estimate of drug-likeness (QED) is 0.500. The van der Waals surface area contributed by atoms with Crippen molar-refractivity contribution in [3.63, 3.8) is 0 Å². The van der Waals surface area contributed by atoms with Crippen LogP contribution >= 0.6 is 11.8 Å². The first kappa shape index (κ1) is 23.5. The summed E-state index contributed by atoms with van der Waals surface area (Å²) in [6.45, 7) is 2.43. The molecule has 0 saturated carbocycles. The number of thioether (sulfide) groups is 1. The smallest absolute Gasteiger partial charge is 0.256 e. The molecule has 1 N–H and O–H groups in total. The minimum absolute atomic E-state index is 0.0777. The largest absolute Gasteiger partial charge is 0.342 e. The first-order valence-corrected chi connectivity index (χ1v) is 13.1. The van der Waals surface area contributed by atoms with Crippen LogP contribution in [0, 0.1) is 5.82 Å². The molecule has 35 heavy (non-hydrogen) atoms. The van der Waals surface area contributed by atoms with Crippen LogP contribution < -0.4 is 5.32 Å². The Morgan fingerprint density at radius 2 is 1.77 bits per heavy atom. The van der Waals surface area contributed by atoms with Gasteiger partial charge in [0.05, 0.1) is 17.0 Å². The number of amides is 2. The lowest BCUT2D eigenvalue weighted by Crippen LogP contribution is -2.29. The van der Waals surface area contributed by atoms with Crippen LogP contribution in [0.25, 0.3) is 11.4 Å². The number of aryl methyl sites for hydroxylation is 1. The first-order valence-electron chi connectivity index (χ1n) is 12.1. The molecule has 9 heteroatoms. The van der Waals surface area contributed by atoms with Crippen LogP contribution in [0.15, 0.2) is 47.4 Å². The standard InChI is InChI=1S/C26H28FN5O2S/c27-20-12-11-18(25-30-29-23-10-2-1-5-15-32(23)25)16-21(20)28-26(34)19-8-3-4-9-22(19)35-17-24(33)31-13-6-7-14-31/h3-4,8-9,11-12,16H,1-2,5-7,10,13-15,17H2,(H,28,34). The van der Waals surface area contributed by atoms with E-state index >= 15 is 0 Å². The molecule has 2 amide bonds. The SMILES string of the molecule is O=C(Nc1cc(-c2nnc3n2CCCCC3)ccc1F)c1ccccc1SCC(=O)N1CCCC1. The van der Waals surface area contributed by atoms with Gasteiger partial charge in [0.15, 0.2) is 5.82 Å². The Labute approximate surface area is 208 Å². The summed E-state index contributed by atoms with van der Waals surface area (Å²) in [5.74, 6) is 1.04. The van der Waals surface area contributed by atoms with Gasteiger partial charge in [0, 0.05) is 36.5 Å². The number of nitrogens with one attached hydrogen (secondary N) is 1. The second kappa shape index (κ2) is 10.6. The summed E-state index contributed by atoms with van der Waals surface area (Å²) < 4.78 is 16.8. The number of fused-ring (bicyclic) bond motifs is 1. The van der Waals surface area contributed by atoms with Gasteiger partial charge in [-0.3, -0.25) is 9.59 Å². The monoisotopic (exact) mass is 493 g/mol. The third-order valence-corrected chi connectivity index (χ3v) is 7.58. The maximum Gasteiger partial charge on any atom is 0.256 e. The molecular formula is C26H28FN5O2S. The van der Waals surface area contributed by atoms with Gasteiger partial charge in [0.25, 0.3) is 5.91 Å². The lowest BCUT2D eigenvalue weighted by Gasteiger charge is -2.16. The summed E-state index contributed by atoms with van der Waals surface area (Å²) in [6.07, 6.45) is 6.25. The third kappa shape index (κ3) is 5.24. The van der Waals surface area contributed by atoms with Crippen molar-refractivity contribution in [3.8, 4) is 11.4 Å². The van der Waals surface area contributed by atoms with Crippen LogP contribution in [0.3, 0.4) is 0 Å². The fraction of sp³-hybridized carbons (Fsp3) is 0.385. The molecule has 1 fully saturated rings. The first-order chi connectivity index (χ1) is 17.1. The Kier molecular flexibility index (Phi) is 7.13. The average Bonchev–Trinajstić information content (AvgIpc) is 3.50. The van der Waals surface area contributed by atoms with Gasteiger partial charge in [-0.15, -0.1) is 22.0 Å². The van der Waals surface area contributed by atoms with E-state index in [1.807, 2.05) is 17.0 Å². The van der Waals surface area contributed by atoms with Gasteiger partial charge >= 0.3 is 0 Å². The van der Waals surface area contributed by atoms with Crippen LogP contribution in [-0.2, 0) is 17.8 Å². The normalized spacial score (nSPS) is 15.5. The number of hydrogen-bond donors (Lipinski definition) is 1. The molecule has 2 aromatic carbocycles. The van der Waals surface area contributed by atoms with Crippen molar-refractivity contribution in [1.82, 2.24) is 19.7 Å². The number of anilines is 1. The van der Waals surface area contributed by atoms with Gasteiger partial charge in [0.2, 0.25) is 5.91 Å². The number of hydrogen-bond acceptors (Lipinski definition) is 5. The van der Waals surface area contributed by atoms with E-state index < -0.39 is 11.7 Å². The highest BCUT2D eigenvalue weighted by molar-refractivity contribution is 8.00. The Bertz CT molecular complexity index is 1240. The maximum absolute atomic E-state index is 14.7. The lowest BCUT2D eigenvalue weighted by molar-refractivity contribution is -0.127. The highest BCUT2D eigenvalue weighted by atomic mass is 32.2. The summed E-state index contributed by atoms with van der Waals surface area (Å²) in [5.41, 5.74) is 1.21. The number of carbonyl (C=O) groups is 2. The van der Waals surface area contributed by atoms with E-state index in [9.17, 15) is 14.0 Å². The van der Waals surface area contributed by atoms with E-state index in [2.05, 4.69) is 20.1 Å². The van der Waals surface area contributed by atoms with Gasteiger partial charge < -0.3 is 14.8 Å². The zero-order valence-electron chi connectivity index (χ0n) is 19.5. The summed E-state index contributed by atoms with van der Waals surface area (Å²) in [4.78, 5) is 28.1. The molecule has 0 aliphatic carbocycles. The average molecular weight is 494 g/mol.